The number of anilines is 1. The summed E-state index contributed by atoms with van der Waals surface area (Å²) < 4.78 is 8.59. The number of allylic oxidation sites excluding steroid dienone is 1. The quantitative estimate of drug-likeness (QED) is 0.289. The molecule has 2 heterocycles. The van der Waals surface area contributed by atoms with Crippen LogP contribution in [0.15, 0.2) is 101 Å². The number of aromatic nitrogens is 1. The Morgan fingerprint density at radius 1 is 0.697 bits per heavy atom. The first-order chi connectivity index (χ1) is 16.3. The fraction of sp³-hybridized carbons (Fsp3) is 0.0667. The highest BCUT2D eigenvalue weighted by molar-refractivity contribution is 6.09. The molecule has 0 fully saturated rings. The summed E-state index contributed by atoms with van der Waals surface area (Å²) >= 11 is 0. The molecule has 1 unspecified atom stereocenters. The molecule has 0 bridgehead atoms. The zero-order valence-electron chi connectivity index (χ0n) is 18.0. The van der Waals surface area contributed by atoms with E-state index in [1.165, 1.54) is 32.8 Å². The van der Waals surface area contributed by atoms with Crippen molar-refractivity contribution in [1.29, 1.82) is 0 Å². The van der Waals surface area contributed by atoms with Gasteiger partial charge in [-0.15, -0.1) is 0 Å². The Kier molecular flexibility index (Phi) is 3.82. The molecule has 1 atom stereocenters. The average Bonchev–Trinajstić information content (AvgIpc) is 3.40. The van der Waals surface area contributed by atoms with E-state index in [9.17, 15) is 0 Å². The van der Waals surface area contributed by atoms with E-state index in [1.807, 2.05) is 18.2 Å². The highest BCUT2D eigenvalue weighted by atomic mass is 16.3. The summed E-state index contributed by atoms with van der Waals surface area (Å²) in [4.78, 5) is 0. The van der Waals surface area contributed by atoms with Gasteiger partial charge in [0.2, 0.25) is 0 Å². The Morgan fingerprint density at radius 2 is 1.36 bits per heavy atom. The number of fused-ring (bicyclic) bond motifs is 6. The summed E-state index contributed by atoms with van der Waals surface area (Å²) in [6.07, 6.45) is 5.19. The van der Waals surface area contributed by atoms with E-state index < -0.39 is 0 Å². The van der Waals surface area contributed by atoms with Crippen molar-refractivity contribution < 1.29 is 4.42 Å². The summed E-state index contributed by atoms with van der Waals surface area (Å²) in [5, 5.41) is 3.66. The van der Waals surface area contributed by atoms with Crippen LogP contribution >= 0.6 is 0 Å². The van der Waals surface area contributed by atoms with Crippen LogP contribution in [0.5, 0.6) is 0 Å². The summed E-state index contributed by atoms with van der Waals surface area (Å²) in [6, 6.07) is 31.8. The maximum atomic E-state index is 6.75. The molecule has 7 rings (SSSR count). The van der Waals surface area contributed by atoms with E-state index in [0.717, 1.165) is 34.7 Å². The van der Waals surface area contributed by atoms with E-state index >= 15 is 0 Å². The number of nitrogens with zero attached hydrogens (tertiary/aromatic N) is 1. The molecule has 3 nitrogen and oxygen atoms in total. The van der Waals surface area contributed by atoms with E-state index in [-0.39, 0.29) is 5.92 Å². The second kappa shape index (κ2) is 6.88. The third kappa shape index (κ3) is 2.56. The first-order valence-corrected chi connectivity index (χ1v) is 11.4. The van der Waals surface area contributed by atoms with Crippen LogP contribution in [0.4, 0.5) is 5.69 Å². The number of nitrogens with two attached hydrogens (primary N) is 1. The van der Waals surface area contributed by atoms with Crippen molar-refractivity contribution in [1.82, 2.24) is 4.57 Å². The zero-order chi connectivity index (χ0) is 21.9. The molecule has 0 saturated heterocycles. The van der Waals surface area contributed by atoms with Gasteiger partial charge >= 0.3 is 0 Å². The predicted molar refractivity (Wildman–Crippen MR) is 137 cm³/mol. The standard InChI is InChI=1S/C30H22N2O/c31-23-13-8-16-26(32-24-14-4-1-9-19(24)20-10-2-5-15-25(20)32)30(23)22-12-7-18-28-29(22)21-11-3-6-17-27(21)33-28/h1-11,13-18,22H,12,31H2. The van der Waals surface area contributed by atoms with Crippen LogP contribution in [0, 0.1) is 0 Å². The Hall–Kier alpha value is -4.24. The fourth-order valence-corrected chi connectivity index (χ4v) is 5.59. The first-order valence-electron chi connectivity index (χ1n) is 11.4. The van der Waals surface area contributed by atoms with Gasteiger partial charge in [-0.1, -0.05) is 66.7 Å². The summed E-state index contributed by atoms with van der Waals surface area (Å²) in [7, 11) is 0. The maximum absolute atomic E-state index is 6.75. The van der Waals surface area contributed by atoms with Gasteiger partial charge in [0.25, 0.3) is 0 Å². The van der Waals surface area contributed by atoms with Gasteiger partial charge in [-0.2, -0.15) is 0 Å². The molecule has 6 aromatic rings. The van der Waals surface area contributed by atoms with E-state index in [2.05, 4.69) is 89.5 Å². The minimum absolute atomic E-state index is 0.116. The van der Waals surface area contributed by atoms with E-state index in [1.54, 1.807) is 0 Å². The lowest BCUT2D eigenvalue weighted by Gasteiger charge is -2.25. The number of benzene rings is 4. The molecular weight excluding hydrogens is 404 g/mol. The van der Waals surface area contributed by atoms with Crippen LogP contribution in [0.2, 0.25) is 0 Å². The van der Waals surface area contributed by atoms with Gasteiger partial charge in [0, 0.05) is 38.9 Å². The Balaban J connectivity index is 1.57. The van der Waals surface area contributed by atoms with Crippen LogP contribution in [-0.2, 0) is 0 Å². The van der Waals surface area contributed by atoms with Gasteiger partial charge in [0.1, 0.15) is 11.3 Å². The topological polar surface area (TPSA) is 44.1 Å². The van der Waals surface area contributed by atoms with Crippen molar-refractivity contribution in [2.75, 3.05) is 5.73 Å². The Bertz CT molecular complexity index is 1660. The van der Waals surface area contributed by atoms with Crippen LogP contribution in [0.3, 0.4) is 0 Å². The second-order valence-electron chi connectivity index (χ2n) is 8.72. The molecule has 1 aliphatic rings. The van der Waals surface area contributed by atoms with Crippen molar-refractivity contribution in [2.24, 2.45) is 0 Å². The van der Waals surface area contributed by atoms with Crippen LogP contribution in [0.25, 0.3) is 44.5 Å². The molecule has 0 spiro atoms. The van der Waals surface area contributed by atoms with E-state index in [4.69, 9.17) is 10.2 Å². The first kappa shape index (κ1) is 18.3. The number of hydrogen-bond acceptors (Lipinski definition) is 2. The highest BCUT2D eigenvalue weighted by Gasteiger charge is 2.29. The molecule has 0 saturated carbocycles. The van der Waals surface area contributed by atoms with Crippen molar-refractivity contribution >= 4 is 44.5 Å². The number of para-hydroxylation sites is 3. The Morgan fingerprint density at radius 3 is 2.12 bits per heavy atom. The fourth-order valence-electron chi connectivity index (χ4n) is 5.59. The van der Waals surface area contributed by atoms with Crippen LogP contribution in [0.1, 0.15) is 29.2 Å². The molecule has 3 heteroatoms. The lowest BCUT2D eigenvalue weighted by molar-refractivity contribution is 0.589. The normalized spacial score (nSPS) is 15.5. The van der Waals surface area contributed by atoms with Crippen LogP contribution < -0.4 is 5.73 Å². The van der Waals surface area contributed by atoms with Crippen LogP contribution in [-0.4, -0.2) is 4.57 Å². The number of furan rings is 1. The molecule has 1 aliphatic carbocycles. The van der Waals surface area contributed by atoms with Gasteiger partial charge in [-0.3, -0.25) is 0 Å². The third-order valence-electron chi connectivity index (χ3n) is 6.94. The van der Waals surface area contributed by atoms with Crippen molar-refractivity contribution in [3.8, 4) is 5.69 Å². The molecule has 0 radical (unpaired) electrons. The summed E-state index contributed by atoms with van der Waals surface area (Å²) in [5.74, 6) is 1.05. The lowest BCUT2D eigenvalue weighted by atomic mass is 9.82. The monoisotopic (exact) mass is 426 g/mol. The van der Waals surface area contributed by atoms with Crippen molar-refractivity contribution in [2.45, 2.75) is 12.3 Å². The number of nitrogen functional groups attached to an aromatic ring is 1. The van der Waals surface area contributed by atoms with Crippen molar-refractivity contribution in [3.05, 3.63) is 114 Å². The average molecular weight is 427 g/mol. The lowest BCUT2D eigenvalue weighted by Crippen LogP contribution is -2.11. The largest absolute Gasteiger partial charge is 0.456 e. The summed E-state index contributed by atoms with van der Waals surface area (Å²) in [6.45, 7) is 0. The second-order valence-corrected chi connectivity index (χ2v) is 8.72. The highest BCUT2D eigenvalue weighted by Crippen LogP contribution is 2.46. The molecule has 33 heavy (non-hydrogen) atoms. The number of rotatable bonds is 2. The van der Waals surface area contributed by atoms with Gasteiger partial charge < -0.3 is 14.7 Å². The zero-order valence-corrected chi connectivity index (χ0v) is 18.0. The third-order valence-corrected chi connectivity index (χ3v) is 6.94. The molecule has 2 aromatic heterocycles. The summed E-state index contributed by atoms with van der Waals surface area (Å²) in [5.41, 5.74) is 14.4. The minimum atomic E-state index is 0.116. The predicted octanol–water partition coefficient (Wildman–Crippen LogP) is 7.66. The minimum Gasteiger partial charge on any atom is -0.456 e. The molecule has 4 aromatic carbocycles. The van der Waals surface area contributed by atoms with Gasteiger partial charge in [-0.25, -0.2) is 0 Å². The van der Waals surface area contributed by atoms with E-state index in [0.29, 0.717) is 0 Å². The van der Waals surface area contributed by atoms with Crippen molar-refractivity contribution in [3.63, 3.8) is 0 Å². The molecule has 2 N–H and O–H groups in total. The molecule has 0 amide bonds. The smallest absolute Gasteiger partial charge is 0.135 e. The van der Waals surface area contributed by atoms with Gasteiger partial charge in [0.05, 0.1) is 16.7 Å². The maximum Gasteiger partial charge on any atom is 0.135 e. The Labute approximate surface area is 191 Å². The van der Waals surface area contributed by atoms with Gasteiger partial charge in [0.15, 0.2) is 0 Å². The molecule has 0 aliphatic heterocycles. The number of hydrogen-bond donors (Lipinski definition) is 1. The van der Waals surface area contributed by atoms with Gasteiger partial charge in [-0.05, 0) is 42.8 Å². The molecular formula is C30H22N2O. The molecule has 158 valence electrons. The SMILES string of the molecule is Nc1cccc(-n2c3ccccc3c3ccccc32)c1C1CC=Cc2oc3ccccc3c21.